The first kappa shape index (κ1) is 25.3. The Hall–Kier alpha value is -2.30. The zero-order valence-corrected chi connectivity index (χ0v) is 20.9. The zero-order valence-electron chi connectivity index (χ0n) is 20.9. The minimum Gasteiger partial charge on any atom is -0.469 e. The first-order chi connectivity index (χ1) is 15.9. The van der Waals surface area contributed by atoms with Crippen LogP contribution >= 0.6 is 0 Å². The van der Waals surface area contributed by atoms with Gasteiger partial charge in [-0.1, -0.05) is 50.3 Å². The van der Waals surface area contributed by atoms with E-state index >= 15 is 0 Å². The fourth-order valence-electron chi connectivity index (χ4n) is 6.00. The van der Waals surface area contributed by atoms with Gasteiger partial charge in [0.1, 0.15) is 6.10 Å². The minimum absolute atomic E-state index is 0.0405. The number of rotatable bonds is 4. The van der Waals surface area contributed by atoms with Crippen molar-refractivity contribution in [2.45, 2.75) is 89.6 Å². The Morgan fingerprint density at radius 1 is 1.21 bits per heavy atom. The number of nitrogens with zero attached hydrogens (tertiary/aromatic N) is 1. The molecule has 1 saturated carbocycles. The van der Waals surface area contributed by atoms with Gasteiger partial charge >= 0.3 is 12.1 Å². The molecular formula is C28H41NO4. The summed E-state index contributed by atoms with van der Waals surface area (Å²) in [5, 5.41) is 0. The normalized spacial score (nSPS) is 24.4. The number of esters is 1. The van der Waals surface area contributed by atoms with E-state index in [1.54, 1.807) is 0 Å². The Kier molecular flexibility index (Phi) is 8.61. The van der Waals surface area contributed by atoms with Gasteiger partial charge in [-0.15, -0.1) is 0 Å². The summed E-state index contributed by atoms with van der Waals surface area (Å²) < 4.78 is 10.8. The number of allylic oxidation sites excluding steroid dienone is 1. The molecule has 33 heavy (non-hydrogen) atoms. The number of ether oxygens (including phenoxy) is 2. The molecule has 1 aliphatic heterocycles. The topological polar surface area (TPSA) is 55.8 Å². The van der Waals surface area contributed by atoms with Crippen LogP contribution in [0.25, 0.3) is 0 Å². The van der Waals surface area contributed by atoms with E-state index in [4.69, 9.17) is 9.47 Å². The summed E-state index contributed by atoms with van der Waals surface area (Å²) in [6, 6.07) is 8.49. The molecule has 1 saturated heterocycles. The van der Waals surface area contributed by atoms with Gasteiger partial charge in [0.05, 0.1) is 13.5 Å². The lowest BCUT2D eigenvalue weighted by molar-refractivity contribution is -0.141. The maximum Gasteiger partial charge on any atom is 0.410 e. The number of hydrogen-bond donors (Lipinski definition) is 0. The quantitative estimate of drug-likeness (QED) is 0.391. The second-order valence-electron chi connectivity index (χ2n) is 9.73. The highest BCUT2D eigenvalue weighted by Crippen LogP contribution is 2.52. The molecule has 1 aromatic carbocycles. The molecule has 1 spiro atoms. The monoisotopic (exact) mass is 455 g/mol. The molecule has 3 atom stereocenters. The van der Waals surface area contributed by atoms with E-state index in [1.807, 2.05) is 25.7 Å². The smallest absolute Gasteiger partial charge is 0.410 e. The lowest BCUT2D eigenvalue weighted by Crippen LogP contribution is -2.45. The molecule has 3 unspecified atom stereocenters. The lowest BCUT2D eigenvalue weighted by atomic mass is 9.73. The van der Waals surface area contributed by atoms with Crippen molar-refractivity contribution < 1.29 is 19.1 Å². The summed E-state index contributed by atoms with van der Waals surface area (Å²) in [4.78, 5) is 26.7. The summed E-state index contributed by atoms with van der Waals surface area (Å²) in [6.45, 7) is 11.5. The van der Waals surface area contributed by atoms with Crippen LogP contribution in [0.5, 0.6) is 0 Å². The van der Waals surface area contributed by atoms with Crippen LogP contribution in [0, 0.1) is 5.92 Å². The van der Waals surface area contributed by atoms with Gasteiger partial charge in [-0.3, -0.25) is 4.79 Å². The zero-order chi connectivity index (χ0) is 24.0. The maximum absolute atomic E-state index is 12.9. The number of piperidine rings is 1. The number of likely N-dealkylation sites (tertiary alicyclic amines) is 1. The third-order valence-corrected chi connectivity index (χ3v) is 7.84. The van der Waals surface area contributed by atoms with Crippen molar-refractivity contribution in [3.63, 3.8) is 0 Å². The van der Waals surface area contributed by atoms with Gasteiger partial charge in [-0.25, -0.2) is 4.79 Å². The maximum atomic E-state index is 12.9. The number of fused-ring (bicyclic) bond motifs is 2. The Morgan fingerprint density at radius 2 is 1.91 bits per heavy atom. The van der Waals surface area contributed by atoms with Crippen LogP contribution in [0.1, 0.15) is 89.2 Å². The largest absolute Gasteiger partial charge is 0.469 e. The average Bonchev–Trinajstić information content (AvgIpc) is 3.13. The summed E-state index contributed by atoms with van der Waals surface area (Å²) in [5.41, 5.74) is 3.94. The Morgan fingerprint density at radius 3 is 2.58 bits per heavy atom. The number of methoxy groups -OCH3 is 1. The van der Waals surface area contributed by atoms with Crippen molar-refractivity contribution in [3.8, 4) is 0 Å². The average molecular weight is 456 g/mol. The van der Waals surface area contributed by atoms with Crippen LogP contribution in [0.3, 0.4) is 0 Å². The lowest BCUT2D eigenvalue weighted by Gasteiger charge is -2.40. The SMILES string of the molecule is C=C1CCCC(C(C)OC(=O)N2CCC3(CC2)CC(CC(=O)OC)c2ccccc23)C1.CC. The van der Waals surface area contributed by atoms with Crippen LogP contribution < -0.4 is 0 Å². The molecule has 2 aliphatic carbocycles. The highest BCUT2D eigenvalue weighted by Gasteiger charge is 2.46. The Labute approximate surface area is 199 Å². The summed E-state index contributed by atoms with van der Waals surface area (Å²) >= 11 is 0. The third-order valence-electron chi connectivity index (χ3n) is 7.84. The van der Waals surface area contributed by atoms with Crippen molar-refractivity contribution in [2.75, 3.05) is 20.2 Å². The Bertz CT molecular complexity index is 840. The van der Waals surface area contributed by atoms with Gasteiger partial charge in [0.2, 0.25) is 0 Å². The molecule has 0 bridgehead atoms. The molecule has 4 rings (SSSR count). The highest BCUT2D eigenvalue weighted by atomic mass is 16.6. The summed E-state index contributed by atoms with van der Waals surface area (Å²) in [6.07, 6.45) is 7.25. The highest BCUT2D eigenvalue weighted by molar-refractivity contribution is 5.71. The molecule has 0 N–H and O–H groups in total. The van der Waals surface area contributed by atoms with Gasteiger partial charge in [0.15, 0.2) is 0 Å². The molecule has 1 heterocycles. The van der Waals surface area contributed by atoms with Crippen LogP contribution in [0.15, 0.2) is 36.4 Å². The summed E-state index contributed by atoms with van der Waals surface area (Å²) in [5.74, 6) is 0.431. The molecule has 1 amide bonds. The van der Waals surface area contributed by atoms with Gasteiger partial charge < -0.3 is 14.4 Å². The number of benzene rings is 1. The molecule has 5 nitrogen and oxygen atoms in total. The standard InChI is InChI=1S/C26H35NO4.C2H6/c1-18-7-6-8-20(15-18)19(2)31-25(29)27-13-11-26(12-14-27)17-21(16-24(28)30-3)22-9-4-5-10-23(22)26;1-2/h4-5,9-10,19-21H,1,6-8,11-17H2,2-3H3;1-2H3. The predicted octanol–water partition coefficient (Wildman–Crippen LogP) is 6.37. The number of hydrogen-bond acceptors (Lipinski definition) is 4. The number of carbonyl (C=O) groups excluding carboxylic acids is 2. The number of amides is 1. The first-order valence-corrected chi connectivity index (χ1v) is 12.7. The molecule has 5 heteroatoms. The minimum atomic E-state index is -0.184. The third kappa shape index (κ3) is 5.62. The van der Waals surface area contributed by atoms with Crippen molar-refractivity contribution in [2.24, 2.45) is 5.92 Å². The second kappa shape index (κ2) is 11.2. The van der Waals surface area contributed by atoms with Gasteiger partial charge in [0, 0.05) is 13.1 Å². The molecule has 1 aromatic rings. The van der Waals surface area contributed by atoms with E-state index in [1.165, 1.54) is 23.8 Å². The molecule has 3 aliphatic rings. The van der Waals surface area contributed by atoms with Crippen molar-refractivity contribution in [3.05, 3.63) is 47.5 Å². The fourth-order valence-corrected chi connectivity index (χ4v) is 6.00. The van der Waals surface area contributed by atoms with Crippen LogP contribution in [0.2, 0.25) is 0 Å². The molecule has 182 valence electrons. The van der Waals surface area contributed by atoms with Crippen LogP contribution in [0.4, 0.5) is 4.79 Å². The Balaban J connectivity index is 0.00000149. The number of carbonyl (C=O) groups is 2. The molecular weight excluding hydrogens is 414 g/mol. The van der Waals surface area contributed by atoms with E-state index in [-0.39, 0.29) is 29.5 Å². The van der Waals surface area contributed by atoms with Crippen molar-refractivity contribution in [1.82, 2.24) is 4.90 Å². The van der Waals surface area contributed by atoms with Crippen molar-refractivity contribution in [1.29, 1.82) is 0 Å². The second-order valence-corrected chi connectivity index (χ2v) is 9.73. The van der Waals surface area contributed by atoms with E-state index in [2.05, 4.69) is 30.8 Å². The molecule has 0 radical (unpaired) electrons. The van der Waals surface area contributed by atoms with Gasteiger partial charge in [-0.05, 0) is 80.2 Å². The molecule has 2 fully saturated rings. The van der Waals surface area contributed by atoms with Gasteiger partial charge in [-0.2, -0.15) is 0 Å². The first-order valence-electron chi connectivity index (χ1n) is 12.7. The van der Waals surface area contributed by atoms with Crippen LogP contribution in [-0.2, 0) is 19.7 Å². The van der Waals surface area contributed by atoms with E-state index in [0.29, 0.717) is 25.4 Å². The van der Waals surface area contributed by atoms with E-state index in [9.17, 15) is 9.59 Å². The van der Waals surface area contributed by atoms with E-state index in [0.717, 1.165) is 44.9 Å². The summed E-state index contributed by atoms with van der Waals surface area (Å²) in [7, 11) is 1.45. The van der Waals surface area contributed by atoms with E-state index < -0.39 is 0 Å². The predicted molar refractivity (Wildman–Crippen MR) is 131 cm³/mol. The fraction of sp³-hybridized carbons (Fsp3) is 0.643. The molecule has 0 aromatic heterocycles. The van der Waals surface area contributed by atoms with Crippen molar-refractivity contribution >= 4 is 12.1 Å². The van der Waals surface area contributed by atoms with Gasteiger partial charge in [0.25, 0.3) is 0 Å². The van der Waals surface area contributed by atoms with Crippen LogP contribution in [-0.4, -0.2) is 43.3 Å².